The number of hydrogen-bond acceptors (Lipinski definition) is 7. The SMILES string of the molecule is COC1(c2cc(F)c(-c3ccc4cnc(Nc5cnccc5C5CC(C)C(C)(O)C(N)C5)n4n3)c(F)c2)CCCC1. The van der Waals surface area contributed by atoms with Crippen LogP contribution in [0, 0.1) is 17.6 Å². The number of nitrogens with two attached hydrogens (primary N) is 1. The van der Waals surface area contributed by atoms with Gasteiger partial charge in [0, 0.05) is 19.3 Å². The van der Waals surface area contributed by atoms with Crippen molar-refractivity contribution in [2.24, 2.45) is 11.7 Å². The normalized spacial score (nSPS) is 26.0. The molecule has 4 aromatic rings. The van der Waals surface area contributed by atoms with Crippen molar-refractivity contribution in [2.45, 2.75) is 75.5 Å². The number of halogens is 2. The van der Waals surface area contributed by atoms with E-state index < -0.39 is 22.8 Å². The van der Waals surface area contributed by atoms with Crippen LogP contribution in [0.4, 0.5) is 20.4 Å². The first-order valence-electron chi connectivity index (χ1n) is 14.2. The highest BCUT2D eigenvalue weighted by molar-refractivity contribution is 5.66. The Labute approximate surface area is 238 Å². The highest BCUT2D eigenvalue weighted by Crippen LogP contribution is 2.44. The standard InChI is InChI=1S/C31H36F2N6O2/c1-18-12-19(13-27(34)30(18,2)40)22-8-11-35-17-26(22)37-29-36-16-21-6-7-25(38-39(21)29)28-23(32)14-20(15-24(28)33)31(41-3)9-4-5-10-31/h6-8,11,14-19,27,40H,4-5,9-10,12-13,34H2,1-3H3,(H,36,37). The van der Waals surface area contributed by atoms with Gasteiger partial charge in [-0.2, -0.15) is 9.61 Å². The quantitative estimate of drug-likeness (QED) is 0.272. The Hall–Kier alpha value is -3.47. The molecule has 4 atom stereocenters. The number of benzene rings is 1. The van der Waals surface area contributed by atoms with Crippen LogP contribution in [0.1, 0.15) is 69.4 Å². The second kappa shape index (κ2) is 10.4. The van der Waals surface area contributed by atoms with Crippen LogP contribution < -0.4 is 11.1 Å². The Morgan fingerprint density at radius 3 is 2.51 bits per heavy atom. The number of methoxy groups -OCH3 is 1. The van der Waals surface area contributed by atoms with Gasteiger partial charge < -0.3 is 20.9 Å². The number of hydrogen-bond donors (Lipinski definition) is 3. The predicted molar refractivity (Wildman–Crippen MR) is 153 cm³/mol. The van der Waals surface area contributed by atoms with Crippen LogP contribution in [0.5, 0.6) is 0 Å². The average Bonchev–Trinajstić information content (AvgIpc) is 3.60. The molecule has 0 radical (unpaired) electrons. The van der Waals surface area contributed by atoms with Crippen LogP contribution in [0.25, 0.3) is 16.8 Å². The summed E-state index contributed by atoms with van der Waals surface area (Å²) in [4.78, 5) is 8.79. The van der Waals surface area contributed by atoms with Gasteiger partial charge in [-0.05, 0) is 85.9 Å². The zero-order valence-electron chi connectivity index (χ0n) is 23.6. The van der Waals surface area contributed by atoms with Gasteiger partial charge in [-0.25, -0.2) is 13.8 Å². The van der Waals surface area contributed by atoms with Gasteiger partial charge >= 0.3 is 0 Å². The minimum absolute atomic E-state index is 0.0114. The molecule has 4 unspecified atom stereocenters. The monoisotopic (exact) mass is 562 g/mol. The van der Waals surface area contributed by atoms with Gasteiger partial charge in [0.15, 0.2) is 0 Å². The van der Waals surface area contributed by atoms with Crippen molar-refractivity contribution in [1.29, 1.82) is 0 Å². The summed E-state index contributed by atoms with van der Waals surface area (Å²) in [6.45, 7) is 3.81. The molecule has 2 aliphatic carbocycles. The topological polar surface area (TPSA) is 111 Å². The second-order valence-corrected chi connectivity index (χ2v) is 11.8. The zero-order chi connectivity index (χ0) is 28.9. The number of aliphatic hydroxyl groups is 1. The summed E-state index contributed by atoms with van der Waals surface area (Å²) in [5.74, 6) is -0.858. The molecule has 0 aliphatic heterocycles. The highest BCUT2D eigenvalue weighted by atomic mass is 19.1. The molecule has 1 aromatic carbocycles. The van der Waals surface area contributed by atoms with Crippen LogP contribution in [-0.4, -0.2) is 43.4 Å². The van der Waals surface area contributed by atoms with Gasteiger partial charge in [-0.3, -0.25) is 4.98 Å². The maximum absolute atomic E-state index is 15.5. The number of nitrogens with one attached hydrogen (secondary N) is 1. The smallest absolute Gasteiger partial charge is 0.229 e. The number of pyridine rings is 1. The molecule has 6 rings (SSSR count). The molecule has 3 aromatic heterocycles. The Morgan fingerprint density at radius 2 is 1.83 bits per heavy atom. The Morgan fingerprint density at radius 1 is 1.10 bits per heavy atom. The minimum Gasteiger partial charge on any atom is -0.388 e. The van der Waals surface area contributed by atoms with Crippen molar-refractivity contribution < 1.29 is 18.6 Å². The van der Waals surface area contributed by atoms with E-state index in [2.05, 4.69) is 20.4 Å². The molecular weight excluding hydrogens is 526 g/mol. The number of fused-ring (bicyclic) bond motifs is 1. The third kappa shape index (κ3) is 4.77. The van der Waals surface area contributed by atoms with E-state index in [1.54, 1.807) is 44.8 Å². The number of ether oxygens (including phenoxy) is 1. The second-order valence-electron chi connectivity index (χ2n) is 11.8. The molecule has 3 heterocycles. The maximum atomic E-state index is 15.5. The molecule has 2 saturated carbocycles. The van der Waals surface area contributed by atoms with Crippen LogP contribution in [0.15, 0.2) is 48.9 Å². The molecule has 2 fully saturated rings. The molecule has 0 saturated heterocycles. The highest BCUT2D eigenvalue weighted by Gasteiger charge is 2.42. The van der Waals surface area contributed by atoms with Crippen molar-refractivity contribution >= 4 is 17.2 Å². The summed E-state index contributed by atoms with van der Waals surface area (Å²) in [5, 5.41) is 18.7. The summed E-state index contributed by atoms with van der Waals surface area (Å²) >= 11 is 0. The van der Waals surface area contributed by atoms with Gasteiger partial charge in [0.05, 0.1) is 46.1 Å². The van der Waals surface area contributed by atoms with Crippen molar-refractivity contribution in [1.82, 2.24) is 19.6 Å². The Bertz CT molecular complexity index is 1550. The van der Waals surface area contributed by atoms with E-state index >= 15 is 8.78 Å². The van der Waals surface area contributed by atoms with Crippen molar-refractivity contribution in [2.75, 3.05) is 12.4 Å². The molecule has 2 aliphatic rings. The van der Waals surface area contributed by atoms with Crippen LogP contribution in [-0.2, 0) is 10.3 Å². The lowest BCUT2D eigenvalue weighted by atomic mass is 9.68. The summed E-state index contributed by atoms with van der Waals surface area (Å²) in [7, 11) is 1.60. The summed E-state index contributed by atoms with van der Waals surface area (Å²) in [6, 6.07) is 7.66. The fourth-order valence-corrected chi connectivity index (χ4v) is 6.65. The van der Waals surface area contributed by atoms with E-state index in [0.717, 1.165) is 43.4 Å². The molecule has 0 spiro atoms. The van der Waals surface area contributed by atoms with E-state index in [1.165, 1.54) is 16.6 Å². The van der Waals surface area contributed by atoms with Crippen molar-refractivity contribution in [3.63, 3.8) is 0 Å². The van der Waals surface area contributed by atoms with Gasteiger partial charge in [-0.15, -0.1) is 0 Å². The number of aromatic nitrogens is 4. The Kier molecular flexibility index (Phi) is 7.04. The zero-order valence-corrected chi connectivity index (χ0v) is 23.6. The fraction of sp³-hybridized carbons (Fsp3) is 0.452. The van der Waals surface area contributed by atoms with Crippen LogP contribution in [0.3, 0.4) is 0 Å². The van der Waals surface area contributed by atoms with Gasteiger partial charge in [0.2, 0.25) is 5.95 Å². The molecule has 0 bridgehead atoms. The molecule has 216 valence electrons. The van der Waals surface area contributed by atoms with Crippen molar-refractivity contribution in [3.8, 4) is 11.3 Å². The van der Waals surface area contributed by atoms with Gasteiger partial charge in [0.1, 0.15) is 11.6 Å². The van der Waals surface area contributed by atoms with E-state index in [1.807, 2.05) is 13.0 Å². The average molecular weight is 563 g/mol. The van der Waals surface area contributed by atoms with Crippen molar-refractivity contribution in [3.05, 3.63) is 71.7 Å². The van der Waals surface area contributed by atoms with Crippen LogP contribution >= 0.6 is 0 Å². The lowest BCUT2D eigenvalue weighted by molar-refractivity contribution is -0.0463. The third-order valence-corrected chi connectivity index (χ3v) is 9.48. The van der Waals surface area contributed by atoms with Gasteiger partial charge in [0.25, 0.3) is 0 Å². The largest absolute Gasteiger partial charge is 0.388 e. The first kappa shape index (κ1) is 27.7. The van der Waals surface area contributed by atoms with E-state index in [0.29, 0.717) is 23.4 Å². The van der Waals surface area contributed by atoms with Crippen LogP contribution in [0.2, 0.25) is 0 Å². The predicted octanol–water partition coefficient (Wildman–Crippen LogP) is 5.82. The lowest BCUT2D eigenvalue weighted by Crippen LogP contribution is -2.54. The summed E-state index contributed by atoms with van der Waals surface area (Å²) in [5.41, 5.74) is 7.66. The summed E-state index contributed by atoms with van der Waals surface area (Å²) in [6.07, 6.45) is 9.87. The first-order valence-corrected chi connectivity index (χ1v) is 14.2. The summed E-state index contributed by atoms with van der Waals surface area (Å²) < 4.78 is 38.3. The fourth-order valence-electron chi connectivity index (χ4n) is 6.65. The number of imidazole rings is 1. The molecular formula is C31H36F2N6O2. The van der Waals surface area contributed by atoms with Gasteiger partial charge in [-0.1, -0.05) is 19.8 Å². The van der Waals surface area contributed by atoms with E-state index in [4.69, 9.17) is 10.5 Å². The van der Waals surface area contributed by atoms with E-state index in [-0.39, 0.29) is 29.1 Å². The Balaban J connectivity index is 1.33. The molecule has 0 amide bonds. The minimum atomic E-state index is -0.930. The number of nitrogens with zero attached hydrogens (tertiary/aromatic N) is 4. The first-order chi connectivity index (χ1) is 19.6. The molecule has 10 heteroatoms. The maximum Gasteiger partial charge on any atom is 0.229 e. The lowest BCUT2D eigenvalue weighted by Gasteiger charge is -2.44. The third-order valence-electron chi connectivity index (χ3n) is 9.48. The molecule has 4 N–H and O–H groups in total. The number of anilines is 2. The molecule has 41 heavy (non-hydrogen) atoms. The molecule has 8 nitrogen and oxygen atoms in total. The number of rotatable bonds is 6. The van der Waals surface area contributed by atoms with E-state index in [9.17, 15) is 5.11 Å².